The SMILES string of the molecule is CC(C)CCN(C)C(C)C(=O)Nc1ccc(N)cc1Cl. The molecule has 4 nitrogen and oxygen atoms in total. The number of hydrogen-bond acceptors (Lipinski definition) is 3. The zero-order valence-corrected chi connectivity index (χ0v) is 13.4. The van der Waals surface area contributed by atoms with Gasteiger partial charge in [-0.3, -0.25) is 9.69 Å². The van der Waals surface area contributed by atoms with Crippen molar-refractivity contribution in [3.05, 3.63) is 23.2 Å². The van der Waals surface area contributed by atoms with E-state index in [9.17, 15) is 4.79 Å². The van der Waals surface area contributed by atoms with Crippen LogP contribution < -0.4 is 11.1 Å². The zero-order chi connectivity index (χ0) is 15.3. The van der Waals surface area contributed by atoms with Gasteiger partial charge in [0.1, 0.15) is 0 Å². The largest absolute Gasteiger partial charge is 0.399 e. The molecule has 0 saturated carbocycles. The second-order valence-electron chi connectivity index (χ2n) is 5.57. The van der Waals surface area contributed by atoms with E-state index in [1.54, 1.807) is 18.2 Å². The Morgan fingerprint density at radius 2 is 2.05 bits per heavy atom. The molecule has 1 unspecified atom stereocenters. The number of halogens is 1. The van der Waals surface area contributed by atoms with Gasteiger partial charge in [0.15, 0.2) is 0 Å². The summed E-state index contributed by atoms with van der Waals surface area (Å²) in [5, 5.41) is 3.29. The molecule has 0 fully saturated rings. The highest BCUT2D eigenvalue weighted by Gasteiger charge is 2.18. The lowest BCUT2D eigenvalue weighted by molar-refractivity contribution is -0.120. The number of nitrogens with two attached hydrogens (primary N) is 1. The quantitative estimate of drug-likeness (QED) is 0.793. The topological polar surface area (TPSA) is 58.4 Å². The predicted molar refractivity (Wildman–Crippen MR) is 86.0 cm³/mol. The van der Waals surface area contributed by atoms with Crippen LogP contribution in [-0.4, -0.2) is 30.4 Å². The Kier molecular flexibility index (Phi) is 6.30. The summed E-state index contributed by atoms with van der Waals surface area (Å²) in [5.74, 6) is 0.558. The van der Waals surface area contributed by atoms with E-state index in [-0.39, 0.29) is 11.9 Å². The molecular weight excluding hydrogens is 274 g/mol. The van der Waals surface area contributed by atoms with Crippen LogP contribution in [0.1, 0.15) is 27.2 Å². The van der Waals surface area contributed by atoms with Crippen molar-refractivity contribution in [1.29, 1.82) is 0 Å². The van der Waals surface area contributed by atoms with Crippen molar-refractivity contribution < 1.29 is 4.79 Å². The zero-order valence-electron chi connectivity index (χ0n) is 12.6. The molecule has 5 heteroatoms. The number of carbonyl (C=O) groups excluding carboxylic acids is 1. The van der Waals surface area contributed by atoms with Crippen molar-refractivity contribution in [2.24, 2.45) is 5.92 Å². The van der Waals surface area contributed by atoms with E-state index in [0.29, 0.717) is 22.3 Å². The highest BCUT2D eigenvalue weighted by atomic mass is 35.5. The third-order valence-electron chi connectivity index (χ3n) is 3.35. The van der Waals surface area contributed by atoms with Gasteiger partial charge in [0, 0.05) is 5.69 Å². The maximum Gasteiger partial charge on any atom is 0.241 e. The smallest absolute Gasteiger partial charge is 0.241 e. The van der Waals surface area contributed by atoms with Crippen LogP contribution >= 0.6 is 11.6 Å². The van der Waals surface area contributed by atoms with Crippen molar-refractivity contribution in [3.63, 3.8) is 0 Å². The van der Waals surface area contributed by atoms with E-state index in [1.807, 2.05) is 18.9 Å². The van der Waals surface area contributed by atoms with Crippen molar-refractivity contribution in [3.8, 4) is 0 Å². The number of anilines is 2. The van der Waals surface area contributed by atoms with Gasteiger partial charge in [0.05, 0.1) is 16.8 Å². The maximum atomic E-state index is 12.2. The van der Waals surface area contributed by atoms with Gasteiger partial charge < -0.3 is 11.1 Å². The molecular formula is C15H24ClN3O. The molecule has 1 aromatic rings. The third-order valence-corrected chi connectivity index (χ3v) is 3.66. The average molecular weight is 298 g/mol. The first-order valence-electron chi connectivity index (χ1n) is 6.87. The lowest BCUT2D eigenvalue weighted by Crippen LogP contribution is -2.40. The van der Waals surface area contributed by atoms with E-state index in [1.165, 1.54) is 0 Å². The molecule has 0 spiro atoms. The van der Waals surface area contributed by atoms with Crippen molar-refractivity contribution >= 4 is 28.9 Å². The van der Waals surface area contributed by atoms with Crippen LogP contribution in [0.5, 0.6) is 0 Å². The first-order chi connectivity index (χ1) is 9.31. The van der Waals surface area contributed by atoms with Gasteiger partial charge in [-0.15, -0.1) is 0 Å². The molecule has 1 amide bonds. The fourth-order valence-electron chi connectivity index (χ4n) is 1.73. The van der Waals surface area contributed by atoms with E-state index in [0.717, 1.165) is 13.0 Å². The molecule has 0 bridgehead atoms. The van der Waals surface area contributed by atoms with E-state index in [4.69, 9.17) is 17.3 Å². The minimum atomic E-state index is -0.206. The molecule has 112 valence electrons. The van der Waals surface area contributed by atoms with Gasteiger partial charge in [-0.1, -0.05) is 25.4 Å². The minimum Gasteiger partial charge on any atom is -0.399 e. The number of amides is 1. The van der Waals surface area contributed by atoms with Crippen LogP contribution in [0.25, 0.3) is 0 Å². The monoisotopic (exact) mass is 297 g/mol. The summed E-state index contributed by atoms with van der Waals surface area (Å²) in [6.45, 7) is 7.13. The highest BCUT2D eigenvalue weighted by Crippen LogP contribution is 2.24. The van der Waals surface area contributed by atoms with Gasteiger partial charge in [0.2, 0.25) is 5.91 Å². The van der Waals surface area contributed by atoms with Gasteiger partial charge in [-0.25, -0.2) is 0 Å². The average Bonchev–Trinajstić information content (AvgIpc) is 2.38. The van der Waals surface area contributed by atoms with Gasteiger partial charge >= 0.3 is 0 Å². The van der Waals surface area contributed by atoms with Gasteiger partial charge in [-0.05, 0) is 51.1 Å². The molecule has 1 rings (SSSR count). The highest BCUT2D eigenvalue weighted by molar-refractivity contribution is 6.34. The molecule has 0 aliphatic heterocycles. The second kappa shape index (κ2) is 7.50. The van der Waals surface area contributed by atoms with Gasteiger partial charge in [0.25, 0.3) is 0 Å². The normalized spacial score (nSPS) is 12.8. The second-order valence-corrected chi connectivity index (χ2v) is 5.97. The lowest BCUT2D eigenvalue weighted by Gasteiger charge is -2.24. The van der Waals surface area contributed by atoms with Crippen LogP contribution in [0.3, 0.4) is 0 Å². The summed E-state index contributed by atoms with van der Waals surface area (Å²) in [6.07, 6.45) is 1.07. The number of hydrogen-bond donors (Lipinski definition) is 2. The van der Waals surface area contributed by atoms with Gasteiger partial charge in [-0.2, -0.15) is 0 Å². The Morgan fingerprint density at radius 3 is 2.60 bits per heavy atom. The Labute approximate surface area is 126 Å². The fourth-order valence-corrected chi connectivity index (χ4v) is 1.96. The molecule has 1 atom stereocenters. The first kappa shape index (κ1) is 16.8. The number of carbonyl (C=O) groups is 1. The summed E-state index contributed by atoms with van der Waals surface area (Å²) < 4.78 is 0. The van der Waals surface area contributed by atoms with Crippen molar-refractivity contribution in [1.82, 2.24) is 4.90 Å². The molecule has 0 aliphatic rings. The van der Waals surface area contributed by atoms with E-state index >= 15 is 0 Å². The maximum absolute atomic E-state index is 12.2. The Bertz CT molecular complexity index is 462. The number of likely N-dealkylation sites (N-methyl/N-ethyl adjacent to an activating group) is 1. The van der Waals surface area contributed by atoms with Crippen molar-refractivity contribution in [2.45, 2.75) is 33.2 Å². The van der Waals surface area contributed by atoms with Crippen LogP contribution in [-0.2, 0) is 4.79 Å². The fraction of sp³-hybridized carbons (Fsp3) is 0.533. The predicted octanol–water partition coefficient (Wildman–Crippen LogP) is 3.23. The molecule has 0 aromatic heterocycles. The number of nitrogens with one attached hydrogen (secondary N) is 1. The third kappa shape index (κ3) is 5.02. The van der Waals surface area contributed by atoms with E-state index in [2.05, 4.69) is 19.2 Å². The first-order valence-corrected chi connectivity index (χ1v) is 7.25. The van der Waals surface area contributed by atoms with E-state index < -0.39 is 0 Å². The standard InChI is InChI=1S/C15H24ClN3O/c1-10(2)7-8-19(4)11(3)15(20)18-14-6-5-12(17)9-13(14)16/h5-6,9-11H,7-8,17H2,1-4H3,(H,18,20). The number of rotatable bonds is 6. The summed E-state index contributed by atoms with van der Waals surface area (Å²) in [4.78, 5) is 14.2. The number of benzene rings is 1. The summed E-state index contributed by atoms with van der Waals surface area (Å²) in [5.41, 5.74) is 6.80. The molecule has 0 radical (unpaired) electrons. The Hall–Kier alpha value is -1.26. The lowest BCUT2D eigenvalue weighted by atomic mass is 10.1. The molecule has 20 heavy (non-hydrogen) atoms. The van der Waals surface area contributed by atoms with Crippen LogP contribution in [0.15, 0.2) is 18.2 Å². The van der Waals surface area contributed by atoms with Crippen LogP contribution in [0, 0.1) is 5.92 Å². The molecule has 0 saturated heterocycles. The number of nitrogens with zero attached hydrogens (tertiary/aromatic N) is 1. The number of nitrogen functional groups attached to an aromatic ring is 1. The molecule has 0 heterocycles. The Balaban J connectivity index is 2.61. The molecule has 3 N–H and O–H groups in total. The molecule has 1 aromatic carbocycles. The summed E-state index contributed by atoms with van der Waals surface area (Å²) >= 11 is 6.05. The van der Waals surface area contributed by atoms with Crippen LogP contribution in [0.4, 0.5) is 11.4 Å². The summed E-state index contributed by atoms with van der Waals surface area (Å²) in [7, 11) is 1.96. The van der Waals surface area contributed by atoms with Crippen LogP contribution in [0.2, 0.25) is 5.02 Å². The van der Waals surface area contributed by atoms with Crippen molar-refractivity contribution in [2.75, 3.05) is 24.6 Å². The summed E-state index contributed by atoms with van der Waals surface area (Å²) in [6, 6.07) is 4.86. The molecule has 0 aliphatic carbocycles. The Morgan fingerprint density at radius 1 is 1.40 bits per heavy atom. The minimum absolute atomic E-state index is 0.0667.